The number of hydrogen-bond donors (Lipinski definition) is 2. The van der Waals surface area contributed by atoms with Gasteiger partial charge in [0.25, 0.3) is 0 Å². The summed E-state index contributed by atoms with van der Waals surface area (Å²) in [7, 11) is 0. The summed E-state index contributed by atoms with van der Waals surface area (Å²) in [5.74, 6) is -0.867. The standard InChI is InChI=1S/C15H20FN3O/c1-2-3-14(19-8-6-18-7-9-19)11-4-5-13(16)12(10-17)15(11)20/h4-5,14,18,20H,2-3,6-9H2,1H3/t14-/m1/s1. The Bertz CT molecular complexity index is 507. The Labute approximate surface area is 118 Å². The van der Waals surface area contributed by atoms with Gasteiger partial charge in [-0.25, -0.2) is 4.39 Å². The number of hydrogen-bond acceptors (Lipinski definition) is 4. The van der Waals surface area contributed by atoms with Crippen molar-refractivity contribution in [1.29, 1.82) is 5.26 Å². The average molecular weight is 277 g/mol. The van der Waals surface area contributed by atoms with Crippen LogP contribution >= 0.6 is 0 Å². The molecular weight excluding hydrogens is 257 g/mol. The van der Waals surface area contributed by atoms with E-state index < -0.39 is 5.82 Å². The SMILES string of the molecule is CCC[C@H](c1ccc(F)c(C#N)c1O)N1CCNCC1. The third-order valence-electron chi connectivity index (χ3n) is 3.78. The second kappa shape index (κ2) is 6.69. The van der Waals surface area contributed by atoms with E-state index in [4.69, 9.17) is 5.26 Å². The lowest BCUT2D eigenvalue weighted by Gasteiger charge is -2.35. The predicted octanol–water partition coefficient (Wildman–Crippen LogP) is 2.15. The Morgan fingerprint density at radius 2 is 2.15 bits per heavy atom. The molecule has 0 aromatic heterocycles. The minimum absolute atomic E-state index is 0.0369. The summed E-state index contributed by atoms with van der Waals surface area (Å²) in [5, 5.41) is 22.5. The number of nitriles is 1. The Morgan fingerprint density at radius 1 is 1.45 bits per heavy atom. The van der Waals surface area contributed by atoms with Crippen LogP contribution in [0.1, 0.15) is 36.9 Å². The van der Waals surface area contributed by atoms with Gasteiger partial charge in [-0.1, -0.05) is 19.4 Å². The number of rotatable bonds is 4. The van der Waals surface area contributed by atoms with Gasteiger partial charge in [-0.3, -0.25) is 4.90 Å². The maximum Gasteiger partial charge on any atom is 0.144 e. The van der Waals surface area contributed by atoms with Crippen molar-refractivity contribution in [2.24, 2.45) is 0 Å². The molecule has 1 saturated heterocycles. The molecule has 1 aliphatic rings. The van der Waals surface area contributed by atoms with Crippen LogP contribution in [0.25, 0.3) is 0 Å². The van der Waals surface area contributed by atoms with E-state index in [1.165, 1.54) is 6.07 Å². The van der Waals surface area contributed by atoms with E-state index in [9.17, 15) is 9.50 Å². The summed E-state index contributed by atoms with van der Waals surface area (Å²) < 4.78 is 13.5. The Kier molecular flexibility index (Phi) is 4.94. The van der Waals surface area contributed by atoms with Crippen molar-refractivity contribution >= 4 is 0 Å². The second-order valence-electron chi connectivity index (χ2n) is 5.06. The Balaban J connectivity index is 2.36. The van der Waals surface area contributed by atoms with Crippen LogP contribution in [0, 0.1) is 17.1 Å². The fraction of sp³-hybridized carbons (Fsp3) is 0.533. The summed E-state index contributed by atoms with van der Waals surface area (Å²) in [4.78, 5) is 2.29. The van der Waals surface area contributed by atoms with Gasteiger partial charge in [0, 0.05) is 37.8 Å². The lowest BCUT2D eigenvalue weighted by atomic mass is 9.96. The highest BCUT2D eigenvalue weighted by molar-refractivity contribution is 5.49. The van der Waals surface area contributed by atoms with Gasteiger partial charge >= 0.3 is 0 Å². The summed E-state index contributed by atoms with van der Waals surface area (Å²) in [6, 6.07) is 4.67. The highest BCUT2D eigenvalue weighted by Crippen LogP contribution is 2.35. The third-order valence-corrected chi connectivity index (χ3v) is 3.78. The van der Waals surface area contributed by atoms with Crippen LogP contribution in [-0.2, 0) is 0 Å². The molecule has 2 N–H and O–H groups in total. The van der Waals surface area contributed by atoms with E-state index in [1.807, 2.05) is 0 Å². The number of nitrogens with one attached hydrogen (secondary N) is 1. The van der Waals surface area contributed by atoms with Crippen LogP contribution in [0.3, 0.4) is 0 Å². The molecule has 0 amide bonds. The topological polar surface area (TPSA) is 59.3 Å². The quantitative estimate of drug-likeness (QED) is 0.885. The predicted molar refractivity (Wildman–Crippen MR) is 74.9 cm³/mol. The number of benzene rings is 1. The minimum Gasteiger partial charge on any atom is -0.506 e. The molecule has 0 radical (unpaired) electrons. The number of nitrogens with zero attached hydrogens (tertiary/aromatic N) is 2. The first-order valence-corrected chi connectivity index (χ1v) is 7.05. The van der Waals surface area contributed by atoms with Gasteiger partial charge in [-0.05, 0) is 12.5 Å². The van der Waals surface area contributed by atoms with Crippen LogP contribution in [0.2, 0.25) is 0 Å². The van der Waals surface area contributed by atoms with Gasteiger partial charge in [0.15, 0.2) is 0 Å². The molecule has 1 aromatic carbocycles. The largest absolute Gasteiger partial charge is 0.506 e. The molecule has 2 rings (SSSR count). The van der Waals surface area contributed by atoms with Crippen LogP contribution in [-0.4, -0.2) is 36.2 Å². The summed E-state index contributed by atoms with van der Waals surface area (Å²) in [6.07, 6.45) is 1.84. The molecule has 1 heterocycles. The molecule has 0 aliphatic carbocycles. The maximum absolute atomic E-state index is 13.5. The van der Waals surface area contributed by atoms with E-state index in [-0.39, 0.29) is 17.4 Å². The van der Waals surface area contributed by atoms with E-state index in [0.717, 1.165) is 39.0 Å². The van der Waals surface area contributed by atoms with Crippen molar-refractivity contribution in [1.82, 2.24) is 10.2 Å². The first-order chi connectivity index (χ1) is 9.69. The lowest BCUT2D eigenvalue weighted by molar-refractivity contribution is 0.162. The zero-order valence-corrected chi connectivity index (χ0v) is 11.7. The van der Waals surface area contributed by atoms with Crippen LogP contribution in [0.5, 0.6) is 5.75 Å². The lowest BCUT2D eigenvalue weighted by Crippen LogP contribution is -2.45. The van der Waals surface area contributed by atoms with E-state index in [1.54, 1.807) is 12.1 Å². The first kappa shape index (κ1) is 14.8. The highest BCUT2D eigenvalue weighted by Gasteiger charge is 2.25. The molecular formula is C15H20FN3O. The third kappa shape index (κ3) is 2.92. The molecule has 1 fully saturated rings. The fourth-order valence-corrected chi connectivity index (χ4v) is 2.76. The number of piperazine rings is 1. The number of aromatic hydroxyl groups is 1. The molecule has 0 unspecified atom stereocenters. The Hall–Kier alpha value is -1.64. The molecule has 108 valence electrons. The number of phenolic OH excluding ortho intramolecular Hbond substituents is 1. The molecule has 1 aromatic rings. The smallest absolute Gasteiger partial charge is 0.144 e. The van der Waals surface area contributed by atoms with Crippen molar-refractivity contribution in [3.05, 3.63) is 29.1 Å². The zero-order valence-electron chi connectivity index (χ0n) is 11.7. The fourth-order valence-electron chi connectivity index (χ4n) is 2.76. The maximum atomic E-state index is 13.5. The molecule has 5 heteroatoms. The summed E-state index contributed by atoms with van der Waals surface area (Å²) in [6.45, 7) is 5.69. The van der Waals surface area contributed by atoms with Gasteiger partial charge < -0.3 is 10.4 Å². The van der Waals surface area contributed by atoms with E-state index in [2.05, 4.69) is 17.1 Å². The molecule has 0 bridgehead atoms. The molecule has 4 nitrogen and oxygen atoms in total. The summed E-state index contributed by atoms with van der Waals surface area (Å²) in [5.41, 5.74) is 0.408. The van der Waals surface area contributed by atoms with E-state index >= 15 is 0 Å². The van der Waals surface area contributed by atoms with Gasteiger partial charge in [0.1, 0.15) is 23.2 Å². The van der Waals surface area contributed by atoms with Gasteiger partial charge in [-0.2, -0.15) is 5.26 Å². The van der Waals surface area contributed by atoms with Crippen molar-refractivity contribution in [3.8, 4) is 11.8 Å². The van der Waals surface area contributed by atoms with Crippen molar-refractivity contribution in [2.45, 2.75) is 25.8 Å². The molecule has 0 spiro atoms. The zero-order chi connectivity index (χ0) is 14.5. The number of halogens is 1. The van der Waals surface area contributed by atoms with Crippen molar-refractivity contribution in [3.63, 3.8) is 0 Å². The minimum atomic E-state index is -0.663. The number of phenols is 1. The normalized spacial score (nSPS) is 17.6. The van der Waals surface area contributed by atoms with Crippen LogP contribution in [0.15, 0.2) is 12.1 Å². The Morgan fingerprint density at radius 3 is 2.75 bits per heavy atom. The molecule has 1 atom stereocenters. The first-order valence-electron chi connectivity index (χ1n) is 7.05. The van der Waals surface area contributed by atoms with Gasteiger partial charge in [0.2, 0.25) is 0 Å². The molecule has 20 heavy (non-hydrogen) atoms. The molecule has 0 saturated carbocycles. The summed E-state index contributed by atoms with van der Waals surface area (Å²) >= 11 is 0. The van der Waals surface area contributed by atoms with Crippen LogP contribution in [0.4, 0.5) is 4.39 Å². The highest BCUT2D eigenvalue weighted by atomic mass is 19.1. The van der Waals surface area contributed by atoms with Crippen LogP contribution < -0.4 is 5.32 Å². The van der Waals surface area contributed by atoms with E-state index in [0.29, 0.717) is 5.56 Å². The second-order valence-corrected chi connectivity index (χ2v) is 5.06. The monoisotopic (exact) mass is 277 g/mol. The van der Waals surface area contributed by atoms with Crippen molar-refractivity contribution < 1.29 is 9.50 Å². The average Bonchev–Trinajstić information content (AvgIpc) is 2.47. The molecule has 1 aliphatic heterocycles. The van der Waals surface area contributed by atoms with Crippen molar-refractivity contribution in [2.75, 3.05) is 26.2 Å². The van der Waals surface area contributed by atoms with Gasteiger partial charge in [0.05, 0.1) is 0 Å². The van der Waals surface area contributed by atoms with Gasteiger partial charge in [-0.15, -0.1) is 0 Å².